The average molecular weight is 879 g/mol. The quantitative estimate of drug-likeness (QED) is 0.0243. The average Bonchev–Trinajstić information content (AvgIpc) is 3.31. The molecule has 3 atom stereocenters. The van der Waals surface area contributed by atoms with E-state index in [9.17, 15) is 4.57 Å². The van der Waals surface area contributed by atoms with Gasteiger partial charge in [-0.15, -0.1) is 14.0 Å². The van der Waals surface area contributed by atoms with E-state index in [1.807, 2.05) is 91.0 Å². The highest BCUT2D eigenvalue weighted by atomic mass is 31.2. The van der Waals surface area contributed by atoms with Crippen molar-refractivity contribution in [3.05, 3.63) is 108 Å². The summed E-state index contributed by atoms with van der Waals surface area (Å²) in [7, 11) is -4.60. The highest BCUT2D eigenvalue weighted by molar-refractivity contribution is 7.48. The first kappa shape index (κ1) is 54.0. The molecule has 3 rings (SSSR count). The van der Waals surface area contributed by atoms with Gasteiger partial charge in [-0.3, -0.25) is 0 Å². The van der Waals surface area contributed by atoms with Gasteiger partial charge in [-0.1, -0.05) is 285 Å². The van der Waals surface area contributed by atoms with E-state index in [-0.39, 0.29) is 0 Å². The second-order valence-corrected chi connectivity index (χ2v) is 18.9. The van der Waals surface area contributed by atoms with E-state index in [2.05, 4.69) is 20.8 Å². The lowest BCUT2D eigenvalue weighted by molar-refractivity contribution is -0.357. The fourth-order valence-electron chi connectivity index (χ4n) is 8.09. The fraction of sp³-hybridized carbons (Fsp3) is 0.667. The van der Waals surface area contributed by atoms with Crippen LogP contribution < -0.4 is 0 Å². The van der Waals surface area contributed by atoms with Crippen LogP contribution in [0.1, 0.15) is 248 Å². The maximum Gasteiger partial charge on any atom is 0.556 e. The molecule has 0 aliphatic rings. The van der Waals surface area contributed by atoms with Crippen LogP contribution in [0.2, 0.25) is 0 Å². The molecule has 0 amide bonds. The van der Waals surface area contributed by atoms with Crippen LogP contribution >= 0.6 is 7.82 Å². The fourth-order valence-corrected chi connectivity index (χ4v) is 8.79. The van der Waals surface area contributed by atoms with Gasteiger partial charge in [0.1, 0.15) is 18.3 Å². The zero-order valence-corrected chi connectivity index (χ0v) is 40.3. The van der Waals surface area contributed by atoms with Gasteiger partial charge >= 0.3 is 7.82 Å². The Balaban J connectivity index is 1.71. The minimum absolute atomic E-state index is 0.486. The zero-order valence-electron chi connectivity index (χ0n) is 39.4. The van der Waals surface area contributed by atoms with Crippen LogP contribution in [-0.4, -0.2) is 0 Å². The van der Waals surface area contributed by atoms with Crippen LogP contribution in [0.25, 0.3) is 0 Å². The topological polar surface area (TPSA) is 72.5 Å². The van der Waals surface area contributed by atoms with Crippen molar-refractivity contribution in [2.75, 3.05) is 0 Å². The van der Waals surface area contributed by atoms with E-state index < -0.39 is 26.1 Å². The highest BCUT2D eigenvalue weighted by Crippen LogP contribution is 2.54. The van der Waals surface area contributed by atoms with Gasteiger partial charge in [-0.05, 0) is 36.0 Å². The largest absolute Gasteiger partial charge is 0.556 e. The zero-order chi connectivity index (χ0) is 44.0. The Morgan fingerprint density at radius 3 is 0.758 bits per heavy atom. The van der Waals surface area contributed by atoms with Crippen LogP contribution in [0.4, 0.5) is 0 Å². The summed E-state index contributed by atoms with van der Waals surface area (Å²) in [4.78, 5) is 18.3. The normalized spacial score (nSPS) is 14.1. The van der Waals surface area contributed by atoms with Gasteiger partial charge in [0, 0.05) is 0 Å². The molecule has 0 N–H and O–H groups in total. The van der Waals surface area contributed by atoms with Crippen molar-refractivity contribution in [2.24, 2.45) is 0 Å². The Labute approximate surface area is 379 Å². The molecule has 0 saturated heterocycles. The molecule has 0 fully saturated rings. The van der Waals surface area contributed by atoms with Gasteiger partial charge in [-0.2, -0.15) is 0 Å². The molecule has 0 aromatic heterocycles. The van der Waals surface area contributed by atoms with Crippen LogP contribution in [0, 0.1) is 0 Å². The summed E-state index contributed by atoms with van der Waals surface area (Å²) in [5, 5.41) is 0. The highest BCUT2D eigenvalue weighted by Gasteiger charge is 2.37. The van der Waals surface area contributed by atoms with E-state index in [4.69, 9.17) is 28.7 Å². The van der Waals surface area contributed by atoms with Crippen molar-refractivity contribution in [2.45, 2.75) is 232 Å². The second-order valence-electron chi connectivity index (χ2n) is 17.5. The van der Waals surface area contributed by atoms with Crippen molar-refractivity contribution in [1.29, 1.82) is 0 Å². The van der Waals surface area contributed by atoms with Crippen LogP contribution in [0.15, 0.2) is 91.0 Å². The second kappa shape index (κ2) is 36.9. The molecule has 0 spiro atoms. The van der Waals surface area contributed by atoms with E-state index in [1.165, 1.54) is 135 Å². The third-order valence-electron chi connectivity index (χ3n) is 12.0. The summed E-state index contributed by atoms with van der Waals surface area (Å²) in [6, 6.07) is 29.9. The van der Waals surface area contributed by atoms with Crippen molar-refractivity contribution in [3.8, 4) is 0 Å². The number of rotatable bonds is 42. The number of phosphoric acid groups is 1. The summed E-state index contributed by atoms with van der Waals surface area (Å²) < 4.78 is 32.2. The SMILES string of the molecule is CCCCCCCCCCCC(OOP(=O)(OOC(CCCCCCCCCCC)c1ccccc1)OOC(CCCCCCCCCCC)c1ccccc1)c1ccccc1. The third-order valence-corrected chi connectivity index (χ3v) is 12.8. The molecule has 3 aromatic carbocycles. The van der Waals surface area contributed by atoms with Crippen molar-refractivity contribution in [3.63, 3.8) is 0 Å². The van der Waals surface area contributed by atoms with Crippen LogP contribution in [-0.2, 0) is 33.3 Å². The molecule has 0 bridgehead atoms. The molecule has 62 heavy (non-hydrogen) atoms. The molecule has 3 unspecified atom stereocenters. The Morgan fingerprint density at radius 2 is 0.532 bits per heavy atom. The Kier molecular flexibility index (Phi) is 32.2. The van der Waals surface area contributed by atoms with E-state index in [0.29, 0.717) is 19.3 Å². The van der Waals surface area contributed by atoms with Crippen molar-refractivity contribution in [1.82, 2.24) is 0 Å². The number of unbranched alkanes of at least 4 members (excludes halogenated alkanes) is 24. The van der Waals surface area contributed by atoms with Gasteiger partial charge in [-0.25, -0.2) is 19.2 Å². The molecule has 0 heterocycles. The minimum atomic E-state index is -4.60. The molecule has 0 aliphatic heterocycles. The number of benzene rings is 3. The van der Waals surface area contributed by atoms with E-state index in [1.54, 1.807) is 0 Å². The minimum Gasteiger partial charge on any atom is -0.220 e. The molecule has 0 aliphatic carbocycles. The van der Waals surface area contributed by atoms with E-state index in [0.717, 1.165) is 55.2 Å². The lowest BCUT2D eigenvalue weighted by Crippen LogP contribution is -2.12. The summed E-state index contributed by atoms with van der Waals surface area (Å²) >= 11 is 0. The first-order valence-corrected chi connectivity index (χ1v) is 26.8. The summed E-state index contributed by atoms with van der Waals surface area (Å²) in [5.41, 5.74) is 2.79. The van der Waals surface area contributed by atoms with Crippen molar-refractivity contribution < 1.29 is 33.3 Å². The summed E-state index contributed by atoms with van der Waals surface area (Å²) in [6.45, 7) is 6.77. The predicted molar refractivity (Wildman–Crippen MR) is 257 cm³/mol. The van der Waals surface area contributed by atoms with Gasteiger partial charge in [0.15, 0.2) is 0 Å². The number of hydrogen-bond donors (Lipinski definition) is 0. The molecule has 7 nitrogen and oxygen atoms in total. The van der Waals surface area contributed by atoms with Crippen LogP contribution in [0.3, 0.4) is 0 Å². The van der Waals surface area contributed by atoms with Crippen molar-refractivity contribution >= 4 is 7.82 Å². The van der Waals surface area contributed by atoms with Gasteiger partial charge < -0.3 is 0 Å². The molecule has 0 radical (unpaired) electrons. The predicted octanol–water partition coefficient (Wildman–Crippen LogP) is 18.9. The third kappa shape index (κ3) is 25.8. The first-order valence-electron chi connectivity index (χ1n) is 25.4. The standard InChI is InChI=1S/C54H87O7P/c1-4-7-10-13-16-19-22-25-37-46-52(49-40-31-28-32-41-49)56-59-62(55,60-57-53(50-42-33-29-34-43-50)47-38-26-23-20-17-14-11-8-5-2)61-58-54(51-44-35-30-36-45-51)48-39-27-24-21-18-15-12-9-6-3/h28-36,40-45,52-54H,4-27,37-39,46-48H2,1-3H3. The lowest BCUT2D eigenvalue weighted by atomic mass is 10.0. The Morgan fingerprint density at radius 1 is 0.323 bits per heavy atom. The van der Waals surface area contributed by atoms with Gasteiger partial charge in [0.05, 0.1) is 0 Å². The molecule has 0 saturated carbocycles. The molecule has 3 aromatic rings. The monoisotopic (exact) mass is 879 g/mol. The van der Waals surface area contributed by atoms with Gasteiger partial charge in [0.2, 0.25) is 0 Å². The maximum absolute atomic E-state index is 14.7. The molecule has 350 valence electrons. The molecule has 8 heteroatoms. The smallest absolute Gasteiger partial charge is 0.220 e. The first-order chi connectivity index (χ1) is 30.6. The molecular weight excluding hydrogens is 792 g/mol. The molecular formula is C54H87O7P. The Bertz CT molecular complexity index is 1280. The summed E-state index contributed by atoms with van der Waals surface area (Å²) in [6.07, 6.45) is 33.5. The van der Waals surface area contributed by atoms with E-state index >= 15 is 0 Å². The number of hydrogen-bond acceptors (Lipinski definition) is 7. The van der Waals surface area contributed by atoms with Gasteiger partial charge in [0.25, 0.3) is 0 Å². The summed E-state index contributed by atoms with van der Waals surface area (Å²) in [5.74, 6) is 0. The lowest BCUT2D eigenvalue weighted by Gasteiger charge is -2.24. The van der Waals surface area contributed by atoms with Crippen LogP contribution in [0.5, 0.6) is 0 Å². The Hall–Kier alpha value is -2.35. The maximum atomic E-state index is 14.7.